The molecule has 0 fully saturated rings. The normalized spacial score (nSPS) is 13.6. The highest BCUT2D eigenvalue weighted by Crippen LogP contribution is 2.32. The molecule has 0 atom stereocenters. The highest BCUT2D eigenvalue weighted by atomic mass is 16.5. The Morgan fingerprint density at radius 2 is 2.05 bits per heavy atom. The summed E-state index contributed by atoms with van der Waals surface area (Å²) < 4.78 is 5.95. The first-order chi connectivity index (χ1) is 9.78. The van der Waals surface area contributed by atoms with Crippen LogP contribution in [0.2, 0.25) is 0 Å². The summed E-state index contributed by atoms with van der Waals surface area (Å²) >= 11 is 0. The first kappa shape index (κ1) is 12.8. The second kappa shape index (κ2) is 5.41. The van der Waals surface area contributed by atoms with Crippen molar-refractivity contribution in [2.75, 3.05) is 11.6 Å². The molecule has 0 bridgehead atoms. The zero-order chi connectivity index (χ0) is 13.9. The molecule has 20 heavy (non-hydrogen) atoms. The van der Waals surface area contributed by atoms with E-state index in [1.54, 1.807) is 0 Å². The molecular weight excluding hydrogens is 246 g/mol. The molecule has 2 heteroatoms. The number of hydrogen-bond acceptors (Lipinski definition) is 2. The van der Waals surface area contributed by atoms with E-state index in [2.05, 4.69) is 54.8 Å². The van der Waals surface area contributed by atoms with E-state index in [0.29, 0.717) is 6.73 Å². The van der Waals surface area contributed by atoms with Crippen LogP contribution in [0.4, 0.5) is 5.69 Å². The zero-order valence-corrected chi connectivity index (χ0v) is 11.8. The number of allylic oxidation sites excluding steroid dienone is 1. The molecule has 1 aliphatic heterocycles. The monoisotopic (exact) mass is 265 g/mol. The van der Waals surface area contributed by atoms with Gasteiger partial charge in [-0.2, -0.15) is 0 Å². The van der Waals surface area contributed by atoms with Crippen molar-refractivity contribution in [1.29, 1.82) is 0 Å². The quantitative estimate of drug-likeness (QED) is 0.775. The fourth-order valence-corrected chi connectivity index (χ4v) is 2.73. The minimum Gasteiger partial charge on any atom is -0.472 e. The Morgan fingerprint density at radius 3 is 2.80 bits per heavy atom. The number of benzene rings is 2. The highest BCUT2D eigenvalue weighted by molar-refractivity contribution is 5.52. The van der Waals surface area contributed by atoms with Crippen molar-refractivity contribution in [2.24, 2.45) is 0 Å². The predicted octanol–water partition coefficient (Wildman–Crippen LogP) is 4.08. The summed E-state index contributed by atoms with van der Waals surface area (Å²) in [5.74, 6) is 1.05. The van der Waals surface area contributed by atoms with Gasteiger partial charge in [-0.05, 0) is 42.7 Å². The molecule has 0 aromatic heterocycles. The van der Waals surface area contributed by atoms with E-state index in [0.717, 1.165) is 18.7 Å². The Hall–Kier alpha value is -2.22. The molecule has 0 N–H and O–H groups in total. The molecule has 0 saturated heterocycles. The lowest BCUT2D eigenvalue weighted by atomic mass is 10.0. The smallest absolute Gasteiger partial charge is 0.161 e. The molecule has 0 radical (unpaired) electrons. The summed E-state index contributed by atoms with van der Waals surface area (Å²) in [7, 11) is 0. The molecule has 3 rings (SSSR count). The molecule has 0 spiro atoms. The van der Waals surface area contributed by atoms with Crippen LogP contribution in [0.25, 0.3) is 0 Å². The van der Waals surface area contributed by atoms with Crippen molar-refractivity contribution in [3.63, 3.8) is 0 Å². The molecule has 1 aliphatic rings. The van der Waals surface area contributed by atoms with Gasteiger partial charge < -0.3 is 9.64 Å². The van der Waals surface area contributed by atoms with Gasteiger partial charge in [0.1, 0.15) is 5.75 Å². The van der Waals surface area contributed by atoms with Crippen LogP contribution >= 0.6 is 0 Å². The Labute approximate surface area is 120 Å². The average Bonchev–Trinajstić information content (AvgIpc) is 2.48. The van der Waals surface area contributed by atoms with Crippen LogP contribution in [-0.2, 0) is 13.0 Å². The van der Waals surface area contributed by atoms with Gasteiger partial charge in [0.25, 0.3) is 0 Å². The Balaban J connectivity index is 1.92. The summed E-state index contributed by atoms with van der Waals surface area (Å²) in [5, 5.41) is 0. The number of nitrogens with zero attached hydrogens (tertiary/aromatic N) is 1. The molecule has 102 valence electrons. The number of hydrogen-bond donors (Lipinski definition) is 0. The summed E-state index contributed by atoms with van der Waals surface area (Å²) in [4.78, 5) is 2.25. The van der Waals surface area contributed by atoms with Crippen LogP contribution < -0.4 is 9.64 Å². The van der Waals surface area contributed by atoms with Crippen molar-refractivity contribution >= 4 is 5.69 Å². The standard InChI is InChI=1S/C18H19NO/c1-3-7-15-10-14(2)18-16(11-15)12-19(13-20-18)17-8-5-4-6-9-17/h3-6,8-11H,1,7,12-13H2,2H3. The van der Waals surface area contributed by atoms with Gasteiger partial charge in [0.05, 0.1) is 0 Å². The van der Waals surface area contributed by atoms with Gasteiger partial charge in [0, 0.05) is 17.8 Å². The summed E-state index contributed by atoms with van der Waals surface area (Å²) in [6.07, 6.45) is 2.85. The molecule has 2 aromatic carbocycles. The van der Waals surface area contributed by atoms with Crippen molar-refractivity contribution in [3.05, 3.63) is 71.8 Å². The van der Waals surface area contributed by atoms with E-state index in [1.165, 1.54) is 22.4 Å². The zero-order valence-electron chi connectivity index (χ0n) is 11.8. The van der Waals surface area contributed by atoms with Crippen LogP contribution in [0.3, 0.4) is 0 Å². The molecule has 1 heterocycles. The largest absolute Gasteiger partial charge is 0.472 e. The van der Waals surface area contributed by atoms with E-state index in [1.807, 2.05) is 12.1 Å². The Kier molecular flexibility index (Phi) is 3.46. The van der Waals surface area contributed by atoms with Gasteiger partial charge in [-0.15, -0.1) is 6.58 Å². The third-order valence-corrected chi connectivity index (χ3v) is 3.64. The van der Waals surface area contributed by atoms with Crippen molar-refractivity contribution in [1.82, 2.24) is 0 Å². The van der Waals surface area contributed by atoms with E-state index in [9.17, 15) is 0 Å². The fraction of sp³-hybridized carbons (Fsp3) is 0.222. The van der Waals surface area contributed by atoms with Gasteiger partial charge >= 0.3 is 0 Å². The summed E-state index contributed by atoms with van der Waals surface area (Å²) in [6, 6.07) is 14.8. The van der Waals surface area contributed by atoms with Gasteiger partial charge in [0.2, 0.25) is 0 Å². The lowest BCUT2D eigenvalue weighted by molar-refractivity contribution is 0.287. The number of aryl methyl sites for hydroxylation is 1. The first-order valence-electron chi connectivity index (χ1n) is 6.94. The maximum atomic E-state index is 5.95. The first-order valence-corrected chi connectivity index (χ1v) is 6.94. The topological polar surface area (TPSA) is 12.5 Å². The number of ether oxygens (including phenoxy) is 1. The van der Waals surface area contributed by atoms with E-state index in [-0.39, 0.29) is 0 Å². The van der Waals surface area contributed by atoms with E-state index in [4.69, 9.17) is 4.74 Å². The third kappa shape index (κ3) is 2.42. The Bertz CT molecular complexity index is 619. The van der Waals surface area contributed by atoms with Crippen LogP contribution in [0, 0.1) is 6.92 Å². The lowest BCUT2D eigenvalue weighted by Gasteiger charge is -2.32. The van der Waals surface area contributed by atoms with Gasteiger partial charge in [-0.3, -0.25) is 0 Å². The van der Waals surface area contributed by atoms with E-state index >= 15 is 0 Å². The number of fused-ring (bicyclic) bond motifs is 1. The van der Waals surface area contributed by atoms with Crippen LogP contribution in [0.15, 0.2) is 55.1 Å². The average molecular weight is 265 g/mol. The highest BCUT2D eigenvalue weighted by Gasteiger charge is 2.19. The van der Waals surface area contributed by atoms with E-state index < -0.39 is 0 Å². The molecule has 0 saturated carbocycles. The second-order valence-corrected chi connectivity index (χ2v) is 5.20. The Morgan fingerprint density at radius 1 is 1.25 bits per heavy atom. The van der Waals surface area contributed by atoms with Crippen molar-refractivity contribution < 1.29 is 4.74 Å². The van der Waals surface area contributed by atoms with Crippen molar-refractivity contribution in [3.8, 4) is 5.75 Å². The summed E-state index contributed by atoms with van der Waals surface area (Å²) in [5.41, 5.74) is 4.98. The SMILES string of the molecule is C=CCc1cc(C)c2c(c1)CN(c1ccccc1)CO2. The molecular formula is C18H19NO. The molecule has 0 unspecified atom stereocenters. The molecule has 0 amide bonds. The van der Waals surface area contributed by atoms with Crippen LogP contribution in [0.1, 0.15) is 16.7 Å². The fourth-order valence-electron chi connectivity index (χ4n) is 2.73. The second-order valence-electron chi connectivity index (χ2n) is 5.20. The molecule has 2 nitrogen and oxygen atoms in total. The molecule has 2 aromatic rings. The van der Waals surface area contributed by atoms with Gasteiger partial charge in [-0.25, -0.2) is 0 Å². The molecule has 0 aliphatic carbocycles. The van der Waals surface area contributed by atoms with Gasteiger partial charge in [0.15, 0.2) is 6.73 Å². The predicted molar refractivity (Wildman–Crippen MR) is 83.2 cm³/mol. The number of para-hydroxylation sites is 1. The number of rotatable bonds is 3. The third-order valence-electron chi connectivity index (χ3n) is 3.64. The minimum atomic E-state index is 0.610. The summed E-state index contributed by atoms with van der Waals surface area (Å²) in [6.45, 7) is 7.44. The minimum absolute atomic E-state index is 0.610. The maximum Gasteiger partial charge on any atom is 0.161 e. The van der Waals surface area contributed by atoms with Crippen LogP contribution in [0.5, 0.6) is 5.75 Å². The van der Waals surface area contributed by atoms with Gasteiger partial charge in [-0.1, -0.05) is 30.3 Å². The van der Waals surface area contributed by atoms with Crippen molar-refractivity contribution in [2.45, 2.75) is 19.9 Å². The maximum absolute atomic E-state index is 5.95. The lowest BCUT2D eigenvalue weighted by Crippen LogP contribution is -2.32. The number of anilines is 1. The van der Waals surface area contributed by atoms with Crippen LogP contribution in [-0.4, -0.2) is 6.73 Å².